The van der Waals surface area contributed by atoms with Crippen LogP contribution in [0.4, 0.5) is 0 Å². The van der Waals surface area contributed by atoms with Gasteiger partial charge in [-0.25, -0.2) is 0 Å². The first kappa shape index (κ1) is 26.8. The Balaban J connectivity index is 0.968. The number of fused-ring (bicyclic) bond motifs is 1. The third-order valence-corrected chi connectivity index (χ3v) is 9.29. The van der Waals surface area contributed by atoms with Crippen molar-refractivity contribution in [2.24, 2.45) is 17.8 Å². The molecule has 0 spiro atoms. The number of β-amino-alcohol motifs (C(OH)–C–C–N with tert-alkyl or cyclic N) is 1. The molecule has 8 atom stereocenters. The van der Waals surface area contributed by atoms with Crippen molar-refractivity contribution in [3.63, 3.8) is 0 Å². The zero-order chi connectivity index (χ0) is 24.9. The van der Waals surface area contributed by atoms with Gasteiger partial charge in [-0.05, 0) is 70.3 Å². The maximum Gasteiger partial charge on any atom is 0.223 e. The van der Waals surface area contributed by atoms with Gasteiger partial charge in [-0.3, -0.25) is 10.1 Å². The average molecular weight is 509 g/mol. The van der Waals surface area contributed by atoms with Crippen LogP contribution in [0.15, 0.2) is 0 Å². The Morgan fingerprint density at radius 2 is 2.03 bits per heavy atom. The molecule has 1 amide bonds. The quantitative estimate of drug-likeness (QED) is 0.344. The molecule has 0 aromatic rings. The van der Waals surface area contributed by atoms with E-state index in [0.29, 0.717) is 56.6 Å². The number of aliphatic hydroxyl groups is 1. The smallest absolute Gasteiger partial charge is 0.223 e. The van der Waals surface area contributed by atoms with Crippen LogP contribution in [-0.2, 0) is 19.0 Å². The number of nitrogens with zero attached hydrogens (tertiary/aromatic N) is 1. The van der Waals surface area contributed by atoms with E-state index >= 15 is 0 Å². The van der Waals surface area contributed by atoms with Crippen LogP contribution in [0.25, 0.3) is 0 Å². The molecule has 3 heterocycles. The number of likely N-dealkylation sites (tertiary alicyclic amines) is 1. The van der Waals surface area contributed by atoms with Crippen molar-refractivity contribution in [3.05, 3.63) is 0 Å². The highest BCUT2D eigenvalue weighted by Gasteiger charge is 2.36. The lowest BCUT2D eigenvalue weighted by Gasteiger charge is -2.44. The summed E-state index contributed by atoms with van der Waals surface area (Å²) in [6, 6.07) is 1.23. The van der Waals surface area contributed by atoms with Gasteiger partial charge in [-0.1, -0.05) is 6.42 Å². The number of hydrogen-bond donors (Lipinski definition) is 4. The van der Waals surface area contributed by atoms with Crippen LogP contribution in [-0.4, -0.2) is 105 Å². The molecule has 9 nitrogen and oxygen atoms in total. The van der Waals surface area contributed by atoms with Gasteiger partial charge in [-0.2, -0.15) is 0 Å². The maximum absolute atomic E-state index is 12.8. The summed E-state index contributed by atoms with van der Waals surface area (Å²) < 4.78 is 17.2. The number of piperidine rings is 1. The molecule has 3 aliphatic heterocycles. The number of nitrogens with one attached hydrogen (secondary N) is 3. The van der Waals surface area contributed by atoms with Crippen LogP contribution >= 0.6 is 0 Å². The molecule has 7 unspecified atom stereocenters. The van der Waals surface area contributed by atoms with Crippen LogP contribution in [0.2, 0.25) is 0 Å². The number of carbonyl (C=O) groups is 1. The molecule has 5 fully saturated rings. The minimum atomic E-state index is -0.517. The molecule has 0 aromatic carbocycles. The second kappa shape index (κ2) is 12.8. The Bertz CT molecular complexity index is 710. The normalized spacial score (nSPS) is 38.8. The average Bonchev–Trinajstić information content (AvgIpc) is 3.28. The molecule has 0 radical (unpaired) electrons. The van der Waals surface area contributed by atoms with Crippen molar-refractivity contribution < 1.29 is 24.1 Å². The Hall–Kier alpha value is -0.810. The molecule has 2 saturated carbocycles. The summed E-state index contributed by atoms with van der Waals surface area (Å²) in [5, 5.41) is 20.7. The fraction of sp³-hybridized carbons (Fsp3) is 0.963. The second-order valence-corrected chi connectivity index (χ2v) is 12.0. The van der Waals surface area contributed by atoms with Crippen molar-refractivity contribution in [1.29, 1.82) is 0 Å². The van der Waals surface area contributed by atoms with E-state index in [1.807, 2.05) is 0 Å². The summed E-state index contributed by atoms with van der Waals surface area (Å²) in [6.07, 6.45) is 8.70. The lowest BCUT2D eigenvalue weighted by molar-refractivity contribution is -0.126. The van der Waals surface area contributed by atoms with E-state index in [4.69, 9.17) is 14.2 Å². The van der Waals surface area contributed by atoms with E-state index in [9.17, 15) is 9.90 Å². The van der Waals surface area contributed by atoms with Crippen LogP contribution < -0.4 is 16.0 Å². The first-order valence-electron chi connectivity index (χ1n) is 14.5. The molecule has 4 N–H and O–H groups in total. The van der Waals surface area contributed by atoms with Crippen molar-refractivity contribution >= 4 is 5.91 Å². The van der Waals surface area contributed by atoms with E-state index in [2.05, 4.69) is 27.8 Å². The van der Waals surface area contributed by atoms with Gasteiger partial charge in [0.25, 0.3) is 0 Å². The lowest BCUT2D eigenvalue weighted by Crippen LogP contribution is -2.52. The van der Waals surface area contributed by atoms with Gasteiger partial charge in [0.1, 0.15) is 0 Å². The number of carbonyl (C=O) groups excluding carboxylic acids is 1. The molecule has 36 heavy (non-hydrogen) atoms. The zero-order valence-corrected chi connectivity index (χ0v) is 22.0. The maximum atomic E-state index is 12.8. The lowest BCUT2D eigenvalue weighted by atomic mass is 9.74. The highest BCUT2D eigenvalue weighted by atomic mass is 16.5. The van der Waals surface area contributed by atoms with E-state index in [1.165, 1.54) is 12.8 Å². The topological polar surface area (TPSA) is 104 Å². The number of ether oxygens (including phenoxy) is 3. The van der Waals surface area contributed by atoms with Gasteiger partial charge in [0, 0.05) is 37.6 Å². The standard InChI is InChI=1S/C27H48N4O5/c1-18-26(36-17-29-18)16-35-25-6-5-21-12-31(8-7-19(21)10-25)13-24(32)11-28-27(33)20-3-2-4-22(9-20)30-23-14-34-15-23/h18-26,29-30,32H,2-17H2,1H3,(H,28,33)/t18?,19?,20?,21?,22?,24-,25?,26?/m0/s1. The monoisotopic (exact) mass is 508 g/mol. The van der Waals surface area contributed by atoms with Crippen molar-refractivity contribution in [3.8, 4) is 0 Å². The minimum absolute atomic E-state index is 0.0531. The van der Waals surface area contributed by atoms with E-state index < -0.39 is 6.10 Å². The number of hydrogen-bond acceptors (Lipinski definition) is 8. The Morgan fingerprint density at radius 1 is 1.14 bits per heavy atom. The molecule has 0 bridgehead atoms. The molecular weight excluding hydrogens is 460 g/mol. The summed E-state index contributed by atoms with van der Waals surface area (Å²) in [7, 11) is 0. The predicted molar refractivity (Wildman–Crippen MR) is 136 cm³/mol. The fourth-order valence-electron chi connectivity index (χ4n) is 6.92. The van der Waals surface area contributed by atoms with Gasteiger partial charge in [0.2, 0.25) is 5.91 Å². The minimum Gasteiger partial charge on any atom is -0.390 e. The SMILES string of the molecule is CC1NCOC1COC1CCC2CN(C[C@@H](O)CNC(=O)C3CCCC(NC4COC4)C3)CCC2C1. The van der Waals surface area contributed by atoms with Gasteiger partial charge in [0.15, 0.2) is 0 Å². The molecule has 206 valence electrons. The first-order chi connectivity index (χ1) is 17.5. The number of amides is 1. The van der Waals surface area contributed by atoms with Crippen molar-refractivity contribution in [2.45, 2.75) is 94.7 Å². The molecule has 0 aromatic heterocycles. The zero-order valence-electron chi connectivity index (χ0n) is 22.0. The van der Waals surface area contributed by atoms with Gasteiger partial charge in [-0.15, -0.1) is 0 Å². The largest absolute Gasteiger partial charge is 0.390 e. The van der Waals surface area contributed by atoms with Gasteiger partial charge >= 0.3 is 0 Å². The highest BCUT2D eigenvalue weighted by Crippen LogP contribution is 2.37. The third-order valence-electron chi connectivity index (χ3n) is 9.29. The summed E-state index contributed by atoms with van der Waals surface area (Å²) in [5.41, 5.74) is 0. The molecule has 5 rings (SSSR count). The van der Waals surface area contributed by atoms with Gasteiger partial charge < -0.3 is 34.9 Å². The molecular formula is C27H48N4O5. The molecule has 9 heteroatoms. The Morgan fingerprint density at radius 3 is 2.81 bits per heavy atom. The Labute approximate surface area is 216 Å². The van der Waals surface area contributed by atoms with E-state index in [1.54, 1.807) is 0 Å². The third kappa shape index (κ3) is 7.18. The molecule has 5 aliphatic rings. The highest BCUT2D eigenvalue weighted by molar-refractivity contribution is 5.78. The van der Waals surface area contributed by atoms with Crippen molar-refractivity contribution in [1.82, 2.24) is 20.9 Å². The second-order valence-electron chi connectivity index (χ2n) is 12.0. The van der Waals surface area contributed by atoms with Crippen LogP contribution in [0.3, 0.4) is 0 Å². The first-order valence-corrected chi connectivity index (χ1v) is 14.5. The van der Waals surface area contributed by atoms with Crippen molar-refractivity contribution in [2.75, 3.05) is 52.7 Å². The van der Waals surface area contributed by atoms with Gasteiger partial charge in [0.05, 0.1) is 50.9 Å². The van der Waals surface area contributed by atoms with Crippen LogP contribution in [0.1, 0.15) is 58.3 Å². The summed E-state index contributed by atoms with van der Waals surface area (Å²) in [4.78, 5) is 15.2. The van der Waals surface area contributed by atoms with Crippen LogP contribution in [0, 0.1) is 17.8 Å². The summed E-state index contributed by atoms with van der Waals surface area (Å²) in [6.45, 7) is 8.12. The summed E-state index contributed by atoms with van der Waals surface area (Å²) in [5.74, 6) is 1.57. The molecule has 3 saturated heterocycles. The summed E-state index contributed by atoms with van der Waals surface area (Å²) >= 11 is 0. The van der Waals surface area contributed by atoms with E-state index in [0.717, 1.165) is 70.7 Å². The Kier molecular flexibility index (Phi) is 9.54. The van der Waals surface area contributed by atoms with Crippen LogP contribution in [0.5, 0.6) is 0 Å². The fourth-order valence-corrected chi connectivity index (χ4v) is 6.92. The number of rotatable bonds is 10. The predicted octanol–water partition coefficient (Wildman–Crippen LogP) is 0.852. The van der Waals surface area contributed by atoms with E-state index in [-0.39, 0.29) is 17.9 Å². The molecule has 2 aliphatic carbocycles. The number of aliphatic hydroxyl groups excluding tert-OH is 1.